The first kappa shape index (κ1) is 12.8. The van der Waals surface area contributed by atoms with Crippen LogP contribution < -0.4 is 15.1 Å². The molecule has 0 radical (unpaired) electrons. The molecule has 1 aliphatic heterocycles. The van der Waals surface area contributed by atoms with Gasteiger partial charge in [-0.15, -0.1) is 0 Å². The van der Waals surface area contributed by atoms with Crippen molar-refractivity contribution in [3.63, 3.8) is 0 Å². The van der Waals surface area contributed by atoms with Crippen molar-refractivity contribution in [1.29, 1.82) is 0 Å². The Hall–Kier alpha value is -2.23. The van der Waals surface area contributed by atoms with Crippen molar-refractivity contribution in [2.75, 3.05) is 41.8 Å². The van der Waals surface area contributed by atoms with Crippen LogP contribution in [0.15, 0.2) is 42.6 Å². The fraction of sp³-hybridized carbons (Fsp3) is 0.312. The Balaban J connectivity index is 1.99. The fourth-order valence-electron chi connectivity index (χ4n) is 2.64. The van der Waals surface area contributed by atoms with Crippen molar-refractivity contribution in [1.82, 2.24) is 4.98 Å². The molecule has 2 aromatic rings. The molecule has 1 N–H and O–H groups in total. The zero-order valence-corrected chi connectivity index (χ0v) is 12.0. The zero-order valence-electron chi connectivity index (χ0n) is 12.0. The molecular formula is C16H20N4. The van der Waals surface area contributed by atoms with Gasteiger partial charge >= 0.3 is 0 Å². The van der Waals surface area contributed by atoms with Crippen LogP contribution in [-0.4, -0.2) is 31.7 Å². The van der Waals surface area contributed by atoms with Crippen molar-refractivity contribution in [2.24, 2.45) is 0 Å². The molecule has 0 spiro atoms. The number of pyridine rings is 1. The van der Waals surface area contributed by atoms with Gasteiger partial charge in [0, 0.05) is 44.6 Å². The molecule has 0 bridgehead atoms. The molecule has 0 unspecified atom stereocenters. The summed E-state index contributed by atoms with van der Waals surface area (Å²) in [5.74, 6) is 0.932. The molecule has 0 saturated carbocycles. The second-order valence-corrected chi connectivity index (χ2v) is 4.99. The molecule has 0 aliphatic carbocycles. The van der Waals surface area contributed by atoms with Crippen molar-refractivity contribution < 1.29 is 0 Å². The number of likely N-dealkylation sites (N-methyl/N-ethyl adjacent to an activating group) is 1. The molecular weight excluding hydrogens is 248 g/mol. The zero-order chi connectivity index (χ0) is 13.9. The number of rotatable bonds is 3. The van der Waals surface area contributed by atoms with E-state index >= 15 is 0 Å². The number of benzene rings is 1. The normalized spacial score (nSPS) is 14.1. The molecule has 104 valence electrons. The van der Waals surface area contributed by atoms with Gasteiger partial charge in [-0.3, -0.25) is 0 Å². The fourth-order valence-corrected chi connectivity index (χ4v) is 2.64. The van der Waals surface area contributed by atoms with Gasteiger partial charge in [0.2, 0.25) is 0 Å². The van der Waals surface area contributed by atoms with Crippen LogP contribution >= 0.6 is 0 Å². The van der Waals surface area contributed by atoms with E-state index in [1.54, 1.807) is 0 Å². The van der Waals surface area contributed by atoms with Crippen LogP contribution in [0.25, 0.3) is 0 Å². The van der Waals surface area contributed by atoms with Crippen LogP contribution in [0.4, 0.5) is 22.9 Å². The van der Waals surface area contributed by atoms with E-state index in [4.69, 9.17) is 0 Å². The van der Waals surface area contributed by atoms with Gasteiger partial charge in [0.1, 0.15) is 5.82 Å². The molecule has 4 heteroatoms. The SMILES string of the molecule is CCNc1cc(N2CCN(C)c3ccccc32)ccn1. The predicted octanol–water partition coefficient (Wildman–Crippen LogP) is 3.10. The highest BCUT2D eigenvalue weighted by Crippen LogP contribution is 2.36. The molecule has 0 fully saturated rings. The first-order chi connectivity index (χ1) is 9.79. The molecule has 1 aromatic carbocycles. The summed E-state index contributed by atoms with van der Waals surface area (Å²) in [6, 6.07) is 12.7. The number of hydrogen-bond acceptors (Lipinski definition) is 4. The van der Waals surface area contributed by atoms with E-state index in [0.717, 1.165) is 25.5 Å². The number of hydrogen-bond donors (Lipinski definition) is 1. The highest BCUT2D eigenvalue weighted by atomic mass is 15.3. The third kappa shape index (κ3) is 2.29. The van der Waals surface area contributed by atoms with Crippen LogP contribution in [0.1, 0.15) is 6.92 Å². The molecule has 0 saturated heterocycles. The summed E-state index contributed by atoms with van der Waals surface area (Å²) in [5.41, 5.74) is 3.73. The smallest absolute Gasteiger partial charge is 0.127 e. The first-order valence-electron chi connectivity index (χ1n) is 7.07. The van der Waals surface area contributed by atoms with Gasteiger partial charge in [0.15, 0.2) is 0 Å². The van der Waals surface area contributed by atoms with E-state index < -0.39 is 0 Å². The Morgan fingerprint density at radius 3 is 2.75 bits per heavy atom. The maximum atomic E-state index is 4.35. The van der Waals surface area contributed by atoms with Gasteiger partial charge in [-0.1, -0.05) is 12.1 Å². The summed E-state index contributed by atoms with van der Waals surface area (Å²) in [6.45, 7) is 4.98. The largest absolute Gasteiger partial charge is 0.371 e. The summed E-state index contributed by atoms with van der Waals surface area (Å²) >= 11 is 0. The van der Waals surface area contributed by atoms with Crippen LogP contribution in [0.3, 0.4) is 0 Å². The van der Waals surface area contributed by atoms with Crippen LogP contribution in [0, 0.1) is 0 Å². The van der Waals surface area contributed by atoms with E-state index in [1.165, 1.54) is 17.1 Å². The lowest BCUT2D eigenvalue weighted by Gasteiger charge is -2.37. The number of nitrogens with one attached hydrogen (secondary N) is 1. The van der Waals surface area contributed by atoms with E-state index in [-0.39, 0.29) is 0 Å². The van der Waals surface area contributed by atoms with Crippen LogP contribution in [0.2, 0.25) is 0 Å². The quantitative estimate of drug-likeness (QED) is 0.927. The molecule has 1 aliphatic rings. The van der Waals surface area contributed by atoms with Crippen molar-refractivity contribution >= 4 is 22.9 Å². The van der Waals surface area contributed by atoms with Crippen LogP contribution in [-0.2, 0) is 0 Å². The number of fused-ring (bicyclic) bond motifs is 1. The molecule has 20 heavy (non-hydrogen) atoms. The van der Waals surface area contributed by atoms with Gasteiger partial charge in [-0.2, -0.15) is 0 Å². The summed E-state index contributed by atoms with van der Waals surface area (Å²) in [5, 5.41) is 3.27. The lowest BCUT2D eigenvalue weighted by Crippen LogP contribution is -2.36. The lowest BCUT2D eigenvalue weighted by molar-refractivity contribution is 0.821. The van der Waals surface area contributed by atoms with E-state index in [1.807, 2.05) is 6.20 Å². The highest BCUT2D eigenvalue weighted by molar-refractivity contribution is 5.79. The summed E-state index contributed by atoms with van der Waals surface area (Å²) in [7, 11) is 2.15. The van der Waals surface area contributed by atoms with Crippen molar-refractivity contribution in [3.8, 4) is 0 Å². The minimum Gasteiger partial charge on any atom is -0.371 e. The molecule has 2 heterocycles. The number of anilines is 4. The lowest BCUT2D eigenvalue weighted by atomic mass is 10.1. The minimum absolute atomic E-state index is 0.885. The molecule has 1 aromatic heterocycles. The van der Waals surface area contributed by atoms with Crippen LogP contribution in [0.5, 0.6) is 0 Å². The van der Waals surface area contributed by atoms with E-state index in [9.17, 15) is 0 Å². The van der Waals surface area contributed by atoms with Crippen molar-refractivity contribution in [2.45, 2.75) is 6.92 Å². The minimum atomic E-state index is 0.885. The van der Waals surface area contributed by atoms with Gasteiger partial charge in [-0.05, 0) is 25.1 Å². The van der Waals surface area contributed by atoms with Gasteiger partial charge in [-0.25, -0.2) is 4.98 Å². The standard InChI is InChI=1S/C16H20N4/c1-3-17-16-12-13(8-9-18-16)20-11-10-19(2)14-6-4-5-7-15(14)20/h4-9,12H,3,10-11H2,1-2H3,(H,17,18). The van der Waals surface area contributed by atoms with E-state index in [2.05, 4.69) is 70.5 Å². The first-order valence-corrected chi connectivity index (χ1v) is 7.07. The number of aromatic nitrogens is 1. The summed E-state index contributed by atoms with van der Waals surface area (Å²) in [4.78, 5) is 9.01. The Bertz CT molecular complexity index is 597. The summed E-state index contributed by atoms with van der Waals surface area (Å²) < 4.78 is 0. The molecule has 4 nitrogen and oxygen atoms in total. The average molecular weight is 268 g/mol. The van der Waals surface area contributed by atoms with Crippen molar-refractivity contribution in [3.05, 3.63) is 42.6 Å². The third-order valence-corrected chi connectivity index (χ3v) is 3.66. The monoisotopic (exact) mass is 268 g/mol. The van der Waals surface area contributed by atoms with Gasteiger partial charge in [0.05, 0.1) is 11.4 Å². The Labute approximate surface area is 120 Å². The second-order valence-electron chi connectivity index (χ2n) is 4.99. The Morgan fingerprint density at radius 1 is 1.15 bits per heavy atom. The third-order valence-electron chi connectivity index (χ3n) is 3.66. The number of para-hydroxylation sites is 2. The van der Waals surface area contributed by atoms with Gasteiger partial charge in [0.25, 0.3) is 0 Å². The van der Waals surface area contributed by atoms with Gasteiger partial charge < -0.3 is 15.1 Å². The summed E-state index contributed by atoms with van der Waals surface area (Å²) in [6.07, 6.45) is 1.87. The second kappa shape index (κ2) is 5.41. The number of nitrogens with zero attached hydrogens (tertiary/aromatic N) is 3. The highest BCUT2D eigenvalue weighted by Gasteiger charge is 2.21. The Morgan fingerprint density at radius 2 is 1.95 bits per heavy atom. The predicted molar refractivity (Wildman–Crippen MR) is 85.1 cm³/mol. The van der Waals surface area contributed by atoms with E-state index in [0.29, 0.717) is 0 Å². The molecule has 0 amide bonds. The topological polar surface area (TPSA) is 31.4 Å². The molecule has 0 atom stereocenters. The maximum Gasteiger partial charge on any atom is 0.127 e. The molecule has 3 rings (SSSR count). The Kier molecular flexibility index (Phi) is 3.46. The maximum absolute atomic E-state index is 4.35. The average Bonchev–Trinajstić information content (AvgIpc) is 2.49.